The van der Waals surface area contributed by atoms with Crippen LogP contribution >= 0.6 is 12.4 Å². The molecule has 4 nitrogen and oxygen atoms in total. The highest BCUT2D eigenvalue weighted by Gasteiger charge is 2.34. The molecule has 0 amide bonds. The average Bonchev–Trinajstić information content (AvgIpc) is 2.77. The quantitative estimate of drug-likeness (QED) is 0.240. The lowest BCUT2D eigenvalue weighted by atomic mass is 9.83. The van der Waals surface area contributed by atoms with E-state index in [1.54, 1.807) is 0 Å². The van der Waals surface area contributed by atoms with Crippen molar-refractivity contribution in [2.75, 3.05) is 11.9 Å². The maximum atomic E-state index is 11.1. The summed E-state index contributed by atoms with van der Waals surface area (Å²) in [5.74, 6) is 2.68. The summed E-state index contributed by atoms with van der Waals surface area (Å²) >= 11 is 0. The summed E-state index contributed by atoms with van der Waals surface area (Å²) in [5, 5.41) is 12.2. The Hall–Kier alpha value is -1.42. The van der Waals surface area contributed by atoms with Crippen LogP contribution in [-0.4, -0.2) is 23.2 Å². The van der Waals surface area contributed by atoms with Gasteiger partial charge in [-0.05, 0) is 93.4 Å². The van der Waals surface area contributed by atoms with E-state index in [-0.39, 0.29) is 24.6 Å². The minimum absolute atomic E-state index is 0. The maximum absolute atomic E-state index is 11.1. The normalized spacial score (nSPS) is 18.7. The Bertz CT molecular complexity index is 838. The molecule has 0 aromatic heterocycles. The van der Waals surface area contributed by atoms with Crippen LogP contribution in [0.4, 0.5) is 5.69 Å². The molecule has 1 aliphatic rings. The van der Waals surface area contributed by atoms with Gasteiger partial charge in [0.1, 0.15) is 17.9 Å². The molecule has 0 radical (unpaired) electrons. The average molecular weight is 524 g/mol. The number of carboxylic acids is 1. The molecule has 0 aliphatic carbocycles. The summed E-state index contributed by atoms with van der Waals surface area (Å²) in [6, 6.07) is 0. The Morgan fingerprint density at radius 2 is 1.47 bits per heavy atom. The van der Waals surface area contributed by atoms with Crippen LogP contribution in [-0.2, 0) is 11.2 Å². The summed E-state index contributed by atoms with van der Waals surface area (Å²) in [4.78, 5) is 11.1. The second kappa shape index (κ2) is 15.1. The Balaban J connectivity index is 0.00000648. The van der Waals surface area contributed by atoms with Gasteiger partial charge in [-0.2, -0.15) is 0 Å². The van der Waals surface area contributed by atoms with Crippen molar-refractivity contribution < 1.29 is 14.6 Å². The molecule has 0 spiro atoms. The van der Waals surface area contributed by atoms with Crippen LogP contribution in [0, 0.1) is 38.5 Å². The van der Waals surface area contributed by atoms with Gasteiger partial charge in [0.2, 0.25) is 0 Å². The maximum Gasteiger partial charge on any atom is 0.322 e. The number of ether oxygens (including phenoxy) is 1. The predicted octanol–water partition coefficient (Wildman–Crippen LogP) is 9.05. The minimum atomic E-state index is -0.839. The van der Waals surface area contributed by atoms with E-state index in [0.29, 0.717) is 0 Å². The summed E-state index contributed by atoms with van der Waals surface area (Å²) < 4.78 is 6.70. The molecular formula is C31H54ClNO3. The zero-order valence-corrected chi connectivity index (χ0v) is 25.2. The Labute approximate surface area is 227 Å². The number of anilines is 1. The lowest BCUT2D eigenvalue weighted by Crippen LogP contribution is -2.37. The number of rotatable bonds is 15. The third-order valence-electron chi connectivity index (χ3n) is 8.32. The van der Waals surface area contributed by atoms with Gasteiger partial charge in [-0.25, -0.2) is 0 Å². The molecule has 2 rings (SSSR count). The van der Waals surface area contributed by atoms with Gasteiger partial charge in [-0.1, -0.05) is 72.6 Å². The standard InChI is InChI=1S/C31H53NO3.ClH/c1-21(2)12-9-13-22(3)14-10-15-23(4)16-11-18-31(8)19-17-27-26(7)29(32-20-28(33)34)24(5)25(6)30(27)35-31;/h21-23,32H,9-20H2,1-8H3,(H,33,34);1H. The van der Waals surface area contributed by atoms with Crippen LogP contribution in [0.3, 0.4) is 0 Å². The number of aliphatic carboxylic acids is 1. The summed E-state index contributed by atoms with van der Waals surface area (Å²) in [7, 11) is 0. The third kappa shape index (κ3) is 9.80. The smallest absolute Gasteiger partial charge is 0.322 e. The van der Waals surface area contributed by atoms with Crippen LogP contribution in [0.2, 0.25) is 0 Å². The number of halogens is 1. The fraction of sp³-hybridized carbons (Fsp3) is 0.774. The number of carboxylic acid groups (broad SMARTS) is 1. The fourth-order valence-corrected chi connectivity index (χ4v) is 5.72. The highest BCUT2D eigenvalue weighted by atomic mass is 35.5. The van der Waals surface area contributed by atoms with Crippen LogP contribution in [0.1, 0.15) is 121 Å². The number of benzene rings is 1. The number of nitrogens with one attached hydrogen (secondary N) is 1. The van der Waals surface area contributed by atoms with Gasteiger partial charge in [-0.3, -0.25) is 4.79 Å². The highest BCUT2D eigenvalue weighted by molar-refractivity contribution is 5.85. The first-order chi connectivity index (χ1) is 16.4. The van der Waals surface area contributed by atoms with Crippen molar-refractivity contribution in [3.05, 3.63) is 22.3 Å². The summed E-state index contributed by atoms with van der Waals surface area (Å²) in [5.41, 5.74) is 5.46. The van der Waals surface area contributed by atoms with Gasteiger partial charge >= 0.3 is 5.97 Å². The van der Waals surface area contributed by atoms with E-state index >= 15 is 0 Å². The zero-order valence-electron chi connectivity index (χ0n) is 24.4. The van der Waals surface area contributed by atoms with E-state index in [9.17, 15) is 4.79 Å². The largest absolute Gasteiger partial charge is 0.487 e. The molecule has 0 fully saturated rings. The van der Waals surface area contributed by atoms with Gasteiger partial charge in [0.25, 0.3) is 0 Å². The van der Waals surface area contributed by atoms with Crippen molar-refractivity contribution in [1.82, 2.24) is 0 Å². The van der Waals surface area contributed by atoms with Crippen molar-refractivity contribution in [3.63, 3.8) is 0 Å². The van der Waals surface area contributed by atoms with E-state index in [1.807, 2.05) is 0 Å². The Kier molecular flexibility index (Phi) is 13.7. The molecule has 3 unspecified atom stereocenters. The second-order valence-corrected chi connectivity index (χ2v) is 12.2. The molecule has 1 aromatic carbocycles. The minimum Gasteiger partial charge on any atom is -0.487 e. The molecule has 36 heavy (non-hydrogen) atoms. The van der Waals surface area contributed by atoms with E-state index in [0.717, 1.165) is 65.1 Å². The summed E-state index contributed by atoms with van der Waals surface area (Å²) in [6.07, 6.45) is 13.8. The van der Waals surface area contributed by atoms with Crippen molar-refractivity contribution >= 4 is 24.1 Å². The SMILES string of the molecule is Cc1c(C)c2c(c(C)c1NCC(=O)O)CCC(C)(CCCC(C)CCCC(C)CCCC(C)C)O2.Cl. The van der Waals surface area contributed by atoms with Crippen LogP contribution in [0.15, 0.2) is 0 Å². The monoisotopic (exact) mass is 523 g/mol. The summed E-state index contributed by atoms with van der Waals surface area (Å²) in [6.45, 7) is 18.0. The lowest BCUT2D eigenvalue weighted by molar-refractivity contribution is -0.134. The molecule has 0 saturated heterocycles. The molecule has 0 saturated carbocycles. The topological polar surface area (TPSA) is 58.6 Å². The number of hydrogen-bond donors (Lipinski definition) is 2. The molecule has 1 aromatic rings. The van der Waals surface area contributed by atoms with Gasteiger partial charge in [0.15, 0.2) is 0 Å². The molecule has 1 heterocycles. The molecule has 208 valence electrons. The van der Waals surface area contributed by atoms with Crippen molar-refractivity contribution in [1.29, 1.82) is 0 Å². The Morgan fingerprint density at radius 3 is 2.03 bits per heavy atom. The lowest BCUT2D eigenvalue weighted by Gasteiger charge is -2.38. The number of carbonyl (C=O) groups is 1. The third-order valence-corrected chi connectivity index (χ3v) is 8.32. The van der Waals surface area contributed by atoms with E-state index in [1.165, 1.54) is 56.9 Å². The van der Waals surface area contributed by atoms with Crippen LogP contribution in [0.25, 0.3) is 0 Å². The van der Waals surface area contributed by atoms with Crippen molar-refractivity contribution in [3.8, 4) is 5.75 Å². The molecule has 5 heteroatoms. The van der Waals surface area contributed by atoms with Gasteiger partial charge in [0.05, 0.1) is 0 Å². The Morgan fingerprint density at radius 1 is 0.917 bits per heavy atom. The van der Waals surface area contributed by atoms with Crippen molar-refractivity contribution in [2.24, 2.45) is 17.8 Å². The van der Waals surface area contributed by atoms with E-state index in [4.69, 9.17) is 9.84 Å². The van der Waals surface area contributed by atoms with Crippen LogP contribution in [0.5, 0.6) is 5.75 Å². The fourth-order valence-electron chi connectivity index (χ4n) is 5.72. The molecule has 1 aliphatic heterocycles. The molecule has 2 N–H and O–H groups in total. The number of hydrogen-bond acceptors (Lipinski definition) is 3. The second-order valence-electron chi connectivity index (χ2n) is 12.2. The van der Waals surface area contributed by atoms with E-state index < -0.39 is 5.97 Å². The molecule has 0 bridgehead atoms. The predicted molar refractivity (Wildman–Crippen MR) is 156 cm³/mol. The first kappa shape index (κ1) is 32.6. The van der Waals surface area contributed by atoms with Gasteiger partial charge in [0, 0.05) is 5.69 Å². The highest BCUT2D eigenvalue weighted by Crippen LogP contribution is 2.44. The number of fused-ring (bicyclic) bond motifs is 1. The van der Waals surface area contributed by atoms with E-state index in [2.05, 4.69) is 60.7 Å². The molecule has 3 atom stereocenters. The van der Waals surface area contributed by atoms with Crippen molar-refractivity contribution in [2.45, 2.75) is 132 Å². The first-order valence-electron chi connectivity index (χ1n) is 14.2. The molecular weight excluding hydrogens is 470 g/mol. The first-order valence-corrected chi connectivity index (χ1v) is 14.2. The zero-order chi connectivity index (χ0) is 26.2. The van der Waals surface area contributed by atoms with Gasteiger partial charge in [-0.15, -0.1) is 12.4 Å². The van der Waals surface area contributed by atoms with Gasteiger partial charge < -0.3 is 15.2 Å². The van der Waals surface area contributed by atoms with Crippen LogP contribution < -0.4 is 10.1 Å².